The smallest absolute Gasteiger partial charge is 0.260 e. The standard InChI is InChI=1S/C22H25FN2O4/c1-2-28-19-10-5-6-11-20(19)29-16-21(26)24-12-7-13-25(15-14-24)22(27)17-8-3-4-9-18(17)23/h3-6,8-11H,2,7,12-16H2,1H3. The molecular formula is C22H25FN2O4. The van der Waals surface area contributed by atoms with Gasteiger partial charge in [0.2, 0.25) is 0 Å². The van der Waals surface area contributed by atoms with Gasteiger partial charge in [0.05, 0.1) is 12.2 Å². The highest BCUT2D eigenvalue weighted by Crippen LogP contribution is 2.26. The van der Waals surface area contributed by atoms with Gasteiger partial charge in [-0.3, -0.25) is 9.59 Å². The van der Waals surface area contributed by atoms with Crippen LogP contribution in [0.15, 0.2) is 48.5 Å². The summed E-state index contributed by atoms with van der Waals surface area (Å²) in [4.78, 5) is 28.5. The van der Waals surface area contributed by atoms with Crippen molar-refractivity contribution in [2.75, 3.05) is 39.4 Å². The minimum atomic E-state index is -0.531. The predicted octanol–water partition coefficient (Wildman–Crippen LogP) is 2.98. The molecule has 0 spiro atoms. The van der Waals surface area contributed by atoms with E-state index in [-0.39, 0.29) is 24.0 Å². The van der Waals surface area contributed by atoms with Crippen molar-refractivity contribution in [1.29, 1.82) is 0 Å². The van der Waals surface area contributed by atoms with Gasteiger partial charge in [0.1, 0.15) is 5.82 Å². The summed E-state index contributed by atoms with van der Waals surface area (Å²) in [6.07, 6.45) is 0.626. The molecule has 2 aromatic rings. The fourth-order valence-electron chi connectivity index (χ4n) is 3.25. The maximum Gasteiger partial charge on any atom is 0.260 e. The third-order valence-corrected chi connectivity index (χ3v) is 4.74. The lowest BCUT2D eigenvalue weighted by atomic mass is 10.2. The van der Waals surface area contributed by atoms with E-state index in [2.05, 4.69) is 0 Å². The lowest BCUT2D eigenvalue weighted by molar-refractivity contribution is -0.133. The zero-order chi connectivity index (χ0) is 20.6. The van der Waals surface area contributed by atoms with Crippen molar-refractivity contribution in [2.45, 2.75) is 13.3 Å². The molecule has 0 N–H and O–H groups in total. The Labute approximate surface area is 169 Å². The van der Waals surface area contributed by atoms with Gasteiger partial charge in [0.25, 0.3) is 11.8 Å². The third kappa shape index (κ3) is 5.25. The van der Waals surface area contributed by atoms with E-state index in [9.17, 15) is 14.0 Å². The van der Waals surface area contributed by atoms with Crippen molar-refractivity contribution in [3.8, 4) is 11.5 Å². The number of hydrogen-bond donors (Lipinski definition) is 0. The van der Waals surface area contributed by atoms with Crippen LogP contribution < -0.4 is 9.47 Å². The molecule has 29 heavy (non-hydrogen) atoms. The molecule has 7 heteroatoms. The van der Waals surface area contributed by atoms with Gasteiger partial charge in [-0.05, 0) is 37.6 Å². The molecule has 0 aromatic heterocycles. The number of nitrogens with zero attached hydrogens (tertiary/aromatic N) is 2. The summed E-state index contributed by atoms with van der Waals surface area (Å²) in [6.45, 7) is 4.02. The van der Waals surface area contributed by atoms with Crippen LogP contribution in [0.5, 0.6) is 11.5 Å². The van der Waals surface area contributed by atoms with Gasteiger partial charge in [0, 0.05) is 26.2 Å². The number of ether oxygens (including phenoxy) is 2. The zero-order valence-corrected chi connectivity index (χ0v) is 16.5. The van der Waals surface area contributed by atoms with Gasteiger partial charge >= 0.3 is 0 Å². The van der Waals surface area contributed by atoms with Crippen LogP contribution >= 0.6 is 0 Å². The number of amides is 2. The quantitative estimate of drug-likeness (QED) is 0.748. The van der Waals surface area contributed by atoms with E-state index in [4.69, 9.17) is 9.47 Å². The molecule has 2 aromatic carbocycles. The molecule has 1 saturated heterocycles. The van der Waals surface area contributed by atoms with Gasteiger partial charge in [-0.25, -0.2) is 4.39 Å². The van der Waals surface area contributed by atoms with Crippen LogP contribution in [0.2, 0.25) is 0 Å². The number of hydrogen-bond acceptors (Lipinski definition) is 4. The average molecular weight is 400 g/mol. The normalized spacial score (nSPS) is 14.3. The van der Waals surface area contributed by atoms with Crippen LogP contribution in [0.3, 0.4) is 0 Å². The molecule has 1 aliphatic rings. The highest BCUT2D eigenvalue weighted by Gasteiger charge is 2.24. The van der Waals surface area contributed by atoms with Crippen LogP contribution in [-0.2, 0) is 4.79 Å². The fourth-order valence-corrected chi connectivity index (χ4v) is 3.25. The highest BCUT2D eigenvalue weighted by atomic mass is 19.1. The monoisotopic (exact) mass is 400 g/mol. The van der Waals surface area contributed by atoms with Crippen LogP contribution in [0.4, 0.5) is 4.39 Å². The maximum absolute atomic E-state index is 13.9. The molecule has 1 fully saturated rings. The van der Waals surface area contributed by atoms with Crippen molar-refractivity contribution in [3.05, 3.63) is 59.9 Å². The van der Waals surface area contributed by atoms with E-state index in [1.807, 2.05) is 19.1 Å². The Kier molecular flexibility index (Phi) is 7.05. The first kappa shape index (κ1) is 20.6. The van der Waals surface area contributed by atoms with E-state index in [0.29, 0.717) is 50.7 Å². The topological polar surface area (TPSA) is 59.1 Å². The Morgan fingerprint density at radius 1 is 0.897 bits per heavy atom. The maximum atomic E-state index is 13.9. The molecule has 2 amide bonds. The van der Waals surface area contributed by atoms with E-state index >= 15 is 0 Å². The van der Waals surface area contributed by atoms with E-state index in [1.165, 1.54) is 12.1 Å². The highest BCUT2D eigenvalue weighted by molar-refractivity contribution is 5.94. The van der Waals surface area contributed by atoms with Crippen molar-refractivity contribution >= 4 is 11.8 Å². The van der Waals surface area contributed by atoms with Gasteiger partial charge in [-0.1, -0.05) is 24.3 Å². The van der Waals surface area contributed by atoms with Gasteiger partial charge in [-0.15, -0.1) is 0 Å². The largest absolute Gasteiger partial charge is 0.490 e. The first-order valence-electron chi connectivity index (χ1n) is 9.76. The number of para-hydroxylation sites is 2. The van der Waals surface area contributed by atoms with Crippen LogP contribution in [0.1, 0.15) is 23.7 Å². The van der Waals surface area contributed by atoms with Crippen LogP contribution in [0.25, 0.3) is 0 Å². The Balaban J connectivity index is 1.56. The SMILES string of the molecule is CCOc1ccccc1OCC(=O)N1CCCN(C(=O)c2ccccc2F)CC1. The lowest BCUT2D eigenvalue weighted by Gasteiger charge is -2.22. The van der Waals surface area contributed by atoms with Crippen molar-refractivity contribution in [1.82, 2.24) is 9.80 Å². The molecule has 3 rings (SSSR count). The fraction of sp³-hybridized carbons (Fsp3) is 0.364. The summed E-state index contributed by atoms with van der Waals surface area (Å²) in [5.41, 5.74) is 0.0585. The molecule has 0 atom stereocenters. The van der Waals surface area contributed by atoms with Crippen LogP contribution in [0, 0.1) is 5.82 Å². The summed E-state index contributed by atoms with van der Waals surface area (Å²) >= 11 is 0. The Morgan fingerprint density at radius 3 is 2.24 bits per heavy atom. The Hall–Kier alpha value is -3.09. The number of benzene rings is 2. The lowest BCUT2D eigenvalue weighted by Crippen LogP contribution is -2.39. The van der Waals surface area contributed by atoms with Gasteiger partial charge in [0.15, 0.2) is 18.1 Å². The van der Waals surface area contributed by atoms with E-state index in [1.54, 1.807) is 34.1 Å². The Bertz CT molecular complexity index is 858. The first-order chi connectivity index (χ1) is 14.1. The summed E-state index contributed by atoms with van der Waals surface area (Å²) in [6, 6.07) is 13.2. The van der Waals surface area contributed by atoms with E-state index in [0.717, 1.165) is 0 Å². The molecule has 0 unspecified atom stereocenters. The second-order valence-electron chi connectivity index (χ2n) is 6.67. The minimum Gasteiger partial charge on any atom is -0.490 e. The number of carbonyl (C=O) groups excluding carboxylic acids is 2. The second kappa shape index (κ2) is 9.91. The summed E-state index contributed by atoms with van der Waals surface area (Å²) < 4.78 is 25.1. The summed E-state index contributed by atoms with van der Waals surface area (Å²) in [5, 5.41) is 0. The molecule has 0 aliphatic carbocycles. The molecular weight excluding hydrogens is 375 g/mol. The van der Waals surface area contributed by atoms with Gasteiger partial charge < -0.3 is 19.3 Å². The number of halogens is 1. The van der Waals surface area contributed by atoms with E-state index < -0.39 is 5.82 Å². The minimum absolute atomic E-state index is 0.0585. The number of rotatable bonds is 6. The zero-order valence-electron chi connectivity index (χ0n) is 16.5. The summed E-state index contributed by atoms with van der Waals surface area (Å²) in [5.74, 6) is 0.0843. The van der Waals surface area contributed by atoms with Crippen molar-refractivity contribution in [3.63, 3.8) is 0 Å². The van der Waals surface area contributed by atoms with Crippen molar-refractivity contribution < 1.29 is 23.5 Å². The molecule has 1 heterocycles. The Morgan fingerprint density at radius 2 is 1.52 bits per heavy atom. The average Bonchev–Trinajstić information content (AvgIpc) is 2.99. The molecule has 0 bridgehead atoms. The molecule has 0 saturated carbocycles. The van der Waals surface area contributed by atoms with Gasteiger partial charge in [-0.2, -0.15) is 0 Å². The first-order valence-corrected chi connectivity index (χ1v) is 9.76. The van der Waals surface area contributed by atoms with Crippen LogP contribution in [-0.4, -0.2) is 61.0 Å². The molecule has 0 radical (unpaired) electrons. The molecule has 6 nitrogen and oxygen atoms in total. The summed E-state index contributed by atoms with van der Waals surface area (Å²) in [7, 11) is 0. The van der Waals surface area contributed by atoms with Crippen molar-refractivity contribution in [2.24, 2.45) is 0 Å². The third-order valence-electron chi connectivity index (χ3n) is 4.74. The molecule has 154 valence electrons. The number of carbonyl (C=O) groups is 2. The molecule has 1 aliphatic heterocycles. The second-order valence-corrected chi connectivity index (χ2v) is 6.67. The predicted molar refractivity (Wildman–Crippen MR) is 107 cm³/mol.